The minimum Gasteiger partial charge on any atom is -0.481 e. The van der Waals surface area contributed by atoms with Crippen LogP contribution in [0.1, 0.15) is 24.3 Å². The summed E-state index contributed by atoms with van der Waals surface area (Å²) in [7, 11) is 0. The lowest BCUT2D eigenvalue weighted by Gasteiger charge is -2.16. The molecular formula is C14H16N2O4S. The van der Waals surface area contributed by atoms with E-state index in [4.69, 9.17) is 9.52 Å². The molecule has 2 aromatic heterocycles. The van der Waals surface area contributed by atoms with Crippen molar-refractivity contribution in [3.8, 4) is 10.8 Å². The van der Waals surface area contributed by atoms with Gasteiger partial charge in [0.05, 0.1) is 12.2 Å². The van der Waals surface area contributed by atoms with Crippen LogP contribution < -0.4 is 5.32 Å². The van der Waals surface area contributed by atoms with Crippen LogP contribution in [0.3, 0.4) is 0 Å². The van der Waals surface area contributed by atoms with E-state index in [0.29, 0.717) is 10.8 Å². The van der Waals surface area contributed by atoms with Crippen molar-refractivity contribution in [1.82, 2.24) is 10.3 Å². The lowest BCUT2D eigenvalue weighted by Crippen LogP contribution is -2.35. The van der Waals surface area contributed by atoms with Crippen molar-refractivity contribution in [3.05, 3.63) is 29.5 Å². The molecule has 2 N–H and O–H groups in total. The molecule has 0 bridgehead atoms. The van der Waals surface area contributed by atoms with Crippen molar-refractivity contribution < 1.29 is 19.1 Å². The summed E-state index contributed by atoms with van der Waals surface area (Å²) in [6, 6.07) is 3.51. The van der Waals surface area contributed by atoms with Gasteiger partial charge in [0.15, 0.2) is 10.8 Å². The molecule has 21 heavy (non-hydrogen) atoms. The number of carboxylic acids is 1. The Hall–Kier alpha value is -2.15. The van der Waals surface area contributed by atoms with E-state index >= 15 is 0 Å². The molecule has 0 radical (unpaired) electrons. The highest BCUT2D eigenvalue weighted by Gasteiger charge is 2.23. The minimum absolute atomic E-state index is 0.0584. The smallest absolute Gasteiger partial charge is 0.308 e. The highest BCUT2D eigenvalue weighted by atomic mass is 32.1. The zero-order chi connectivity index (χ0) is 15.4. The van der Waals surface area contributed by atoms with Crippen LogP contribution in [0.2, 0.25) is 0 Å². The van der Waals surface area contributed by atoms with E-state index in [-0.39, 0.29) is 24.1 Å². The fourth-order valence-corrected chi connectivity index (χ4v) is 2.56. The first kappa shape index (κ1) is 15.2. The molecule has 2 aromatic rings. The fraction of sp³-hybridized carbons (Fsp3) is 0.357. The average Bonchev–Trinajstić information content (AvgIpc) is 3.08. The van der Waals surface area contributed by atoms with Gasteiger partial charge in [0.25, 0.3) is 5.91 Å². The number of thiazole rings is 1. The number of carbonyl (C=O) groups excluding carboxylic acids is 1. The number of nitrogens with one attached hydrogen (secondary N) is 1. The summed E-state index contributed by atoms with van der Waals surface area (Å²) in [6.45, 7) is 3.70. The number of aromatic nitrogens is 1. The van der Waals surface area contributed by atoms with Gasteiger partial charge in [0.2, 0.25) is 0 Å². The van der Waals surface area contributed by atoms with Gasteiger partial charge >= 0.3 is 5.97 Å². The number of hydrogen-bond donors (Lipinski definition) is 2. The van der Waals surface area contributed by atoms with Crippen molar-refractivity contribution in [3.63, 3.8) is 0 Å². The van der Waals surface area contributed by atoms with Gasteiger partial charge in [-0.2, -0.15) is 0 Å². The van der Waals surface area contributed by atoms with Crippen LogP contribution in [0.15, 0.2) is 28.2 Å². The number of amides is 1. The van der Waals surface area contributed by atoms with E-state index in [0.717, 1.165) is 0 Å². The highest BCUT2D eigenvalue weighted by molar-refractivity contribution is 7.13. The summed E-state index contributed by atoms with van der Waals surface area (Å²) in [5, 5.41) is 13.9. The maximum Gasteiger partial charge on any atom is 0.308 e. The zero-order valence-electron chi connectivity index (χ0n) is 11.7. The van der Waals surface area contributed by atoms with E-state index in [1.54, 1.807) is 17.5 Å². The van der Waals surface area contributed by atoms with Gasteiger partial charge in [-0.1, -0.05) is 13.8 Å². The third-order valence-corrected chi connectivity index (χ3v) is 3.93. The molecule has 0 saturated carbocycles. The predicted octanol–water partition coefficient (Wildman–Crippen LogP) is 2.49. The van der Waals surface area contributed by atoms with Crippen molar-refractivity contribution in [1.29, 1.82) is 0 Å². The van der Waals surface area contributed by atoms with Gasteiger partial charge in [-0.15, -0.1) is 11.3 Å². The molecular weight excluding hydrogens is 292 g/mol. The molecule has 0 aliphatic heterocycles. The number of rotatable bonds is 6. The Balaban J connectivity index is 1.99. The maximum atomic E-state index is 12.0. The van der Waals surface area contributed by atoms with Crippen LogP contribution in [0.4, 0.5) is 0 Å². The maximum absolute atomic E-state index is 12.0. The SMILES string of the molecule is CC(C)C(CNC(=O)c1csc(-c2ccco2)n1)C(=O)O. The first-order chi connectivity index (χ1) is 9.99. The summed E-state index contributed by atoms with van der Waals surface area (Å²) < 4.78 is 5.21. The van der Waals surface area contributed by atoms with Crippen LogP contribution in [0, 0.1) is 11.8 Å². The Morgan fingerprint density at radius 1 is 1.48 bits per heavy atom. The second-order valence-corrected chi connectivity index (χ2v) is 5.77. The predicted molar refractivity (Wildman–Crippen MR) is 78.1 cm³/mol. The van der Waals surface area contributed by atoms with Gasteiger partial charge in [0.1, 0.15) is 5.69 Å². The lowest BCUT2D eigenvalue weighted by molar-refractivity contribution is -0.142. The Labute approximate surface area is 125 Å². The highest BCUT2D eigenvalue weighted by Crippen LogP contribution is 2.23. The van der Waals surface area contributed by atoms with Gasteiger partial charge in [-0.05, 0) is 18.1 Å². The van der Waals surface area contributed by atoms with Crippen LogP contribution >= 0.6 is 11.3 Å². The molecule has 1 unspecified atom stereocenters. The van der Waals surface area contributed by atoms with E-state index in [1.165, 1.54) is 17.6 Å². The quantitative estimate of drug-likeness (QED) is 0.855. The van der Waals surface area contributed by atoms with Crippen molar-refractivity contribution in [2.45, 2.75) is 13.8 Å². The number of nitrogens with zero attached hydrogens (tertiary/aromatic N) is 1. The topological polar surface area (TPSA) is 92.4 Å². The summed E-state index contributed by atoms with van der Waals surface area (Å²) in [6.07, 6.45) is 1.54. The number of carbonyl (C=O) groups is 2. The van der Waals surface area contributed by atoms with Gasteiger partial charge in [-0.25, -0.2) is 4.98 Å². The monoisotopic (exact) mass is 308 g/mol. The van der Waals surface area contributed by atoms with E-state index < -0.39 is 11.9 Å². The fourth-order valence-electron chi connectivity index (χ4n) is 1.79. The minimum atomic E-state index is -0.917. The van der Waals surface area contributed by atoms with Crippen molar-refractivity contribution in [2.75, 3.05) is 6.54 Å². The second-order valence-electron chi connectivity index (χ2n) is 4.91. The summed E-state index contributed by atoms with van der Waals surface area (Å²) in [5.41, 5.74) is 0.263. The van der Waals surface area contributed by atoms with Gasteiger partial charge in [0, 0.05) is 11.9 Å². The van der Waals surface area contributed by atoms with E-state index in [2.05, 4.69) is 10.3 Å². The molecule has 1 amide bonds. The molecule has 6 nitrogen and oxygen atoms in total. The van der Waals surface area contributed by atoms with E-state index in [1.807, 2.05) is 13.8 Å². The Kier molecular flexibility index (Phi) is 4.74. The molecule has 0 fully saturated rings. The van der Waals surface area contributed by atoms with Crippen LogP contribution in [0.25, 0.3) is 10.8 Å². The summed E-state index contributed by atoms with van der Waals surface area (Å²) >= 11 is 1.30. The molecule has 2 rings (SSSR count). The molecule has 0 aliphatic carbocycles. The van der Waals surface area contributed by atoms with Crippen LogP contribution in [0.5, 0.6) is 0 Å². The first-order valence-corrected chi connectivity index (χ1v) is 7.37. The molecule has 7 heteroatoms. The molecule has 0 aromatic carbocycles. The lowest BCUT2D eigenvalue weighted by atomic mass is 9.96. The van der Waals surface area contributed by atoms with Crippen molar-refractivity contribution in [2.24, 2.45) is 11.8 Å². The second kappa shape index (κ2) is 6.53. The van der Waals surface area contributed by atoms with Crippen LogP contribution in [-0.4, -0.2) is 28.5 Å². The Morgan fingerprint density at radius 3 is 2.81 bits per heavy atom. The normalized spacial score (nSPS) is 12.3. The molecule has 0 spiro atoms. The van der Waals surface area contributed by atoms with E-state index in [9.17, 15) is 9.59 Å². The largest absolute Gasteiger partial charge is 0.481 e. The number of furan rings is 1. The Bertz CT molecular complexity index is 619. The first-order valence-electron chi connectivity index (χ1n) is 6.49. The molecule has 2 heterocycles. The number of aliphatic carboxylic acids is 1. The average molecular weight is 308 g/mol. The molecule has 112 valence electrons. The molecule has 0 saturated heterocycles. The number of carboxylic acid groups (broad SMARTS) is 1. The number of hydrogen-bond acceptors (Lipinski definition) is 5. The zero-order valence-corrected chi connectivity index (χ0v) is 12.5. The molecule has 0 aliphatic rings. The third-order valence-electron chi connectivity index (χ3n) is 3.07. The van der Waals surface area contributed by atoms with Crippen LogP contribution in [-0.2, 0) is 4.79 Å². The summed E-state index contributed by atoms with van der Waals surface area (Å²) in [5.74, 6) is -1.37. The van der Waals surface area contributed by atoms with Gasteiger partial charge in [-0.3, -0.25) is 9.59 Å². The Morgan fingerprint density at radius 2 is 2.24 bits per heavy atom. The molecule has 1 atom stereocenters. The third kappa shape index (κ3) is 3.69. The van der Waals surface area contributed by atoms with Gasteiger partial charge < -0.3 is 14.8 Å². The van der Waals surface area contributed by atoms with Crippen molar-refractivity contribution >= 4 is 23.2 Å². The standard InChI is InChI=1S/C14H16N2O4S/c1-8(2)9(14(18)19)6-15-12(17)10-7-21-13(16-10)11-4-3-5-20-11/h3-5,7-9H,6H2,1-2H3,(H,15,17)(H,18,19). The summed E-state index contributed by atoms with van der Waals surface area (Å²) in [4.78, 5) is 27.2.